The first kappa shape index (κ1) is 29.9. The Labute approximate surface area is 233 Å². The predicted octanol–water partition coefficient (Wildman–Crippen LogP) is 6.38. The van der Waals surface area contributed by atoms with Crippen LogP contribution in [0, 0.1) is 19.7 Å². The van der Waals surface area contributed by atoms with E-state index in [4.69, 9.17) is 4.74 Å². The van der Waals surface area contributed by atoms with E-state index in [1.807, 2.05) is 5.32 Å². The number of fused-ring (bicyclic) bond motifs is 1. The number of carbonyl (C=O) groups is 1. The van der Waals surface area contributed by atoms with Crippen LogP contribution < -0.4 is 15.6 Å². The molecule has 2 aromatic heterocycles. The van der Waals surface area contributed by atoms with Gasteiger partial charge in [-0.05, 0) is 88.6 Å². The van der Waals surface area contributed by atoms with E-state index in [1.165, 1.54) is 36.0 Å². The molecular weight excluding hydrogens is 542 g/mol. The average Bonchev–Trinajstić information content (AvgIpc) is 3.28. The van der Waals surface area contributed by atoms with Gasteiger partial charge >= 0.3 is 6.18 Å². The van der Waals surface area contributed by atoms with Crippen molar-refractivity contribution in [3.8, 4) is 22.6 Å². The Hall–Kier alpha value is -4.12. The van der Waals surface area contributed by atoms with Crippen LogP contribution in [0.4, 0.5) is 17.6 Å². The van der Waals surface area contributed by atoms with Crippen LogP contribution in [0.15, 0.2) is 47.4 Å². The summed E-state index contributed by atoms with van der Waals surface area (Å²) < 4.78 is 61.8. The number of pyridine rings is 1. The Bertz CT molecular complexity index is 1700. The van der Waals surface area contributed by atoms with Crippen molar-refractivity contribution < 1.29 is 32.2 Å². The minimum absolute atomic E-state index is 0.00581. The highest BCUT2D eigenvalue weighted by Crippen LogP contribution is 2.41. The lowest BCUT2D eigenvalue weighted by Gasteiger charge is -2.28. The van der Waals surface area contributed by atoms with Crippen LogP contribution in [0.3, 0.4) is 0 Å². The van der Waals surface area contributed by atoms with Crippen molar-refractivity contribution in [3.05, 3.63) is 81.2 Å². The van der Waals surface area contributed by atoms with Gasteiger partial charge in [-0.3, -0.25) is 9.59 Å². The number of ether oxygens (including phenoxy) is 1. The summed E-state index contributed by atoms with van der Waals surface area (Å²) in [5.74, 6) is -0.748. The van der Waals surface area contributed by atoms with Crippen molar-refractivity contribution in [3.63, 3.8) is 0 Å². The molecule has 0 unspecified atom stereocenters. The first-order valence-corrected chi connectivity index (χ1v) is 12.7. The molecule has 0 aliphatic heterocycles. The van der Waals surface area contributed by atoms with Gasteiger partial charge in [-0.15, -0.1) is 0 Å². The first-order valence-electron chi connectivity index (χ1n) is 12.7. The van der Waals surface area contributed by atoms with Gasteiger partial charge in [-0.2, -0.15) is 13.2 Å². The predicted molar refractivity (Wildman–Crippen MR) is 148 cm³/mol. The number of benzene rings is 2. The molecule has 0 saturated heterocycles. The van der Waals surface area contributed by atoms with Gasteiger partial charge in [-0.25, -0.2) is 4.39 Å². The molecule has 4 rings (SSSR count). The summed E-state index contributed by atoms with van der Waals surface area (Å²) in [6.45, 7) is 8.25. The van der Waals surface area contributed by atoms with E-state index in [0.29, 0.717) is 39.3 Å². The number of aliphatic hydroxyl groups is 1. The molecule has 0 bridgehead atoms. The van der Waals surface area contributed by atoms with E-state index in [0.717, 1.165) is 13.8 Å². The van der Waals surface area contributed by atoms with E-state index in [1.54, 1.807) is 45.9 Å². The van der Waals surface area contributed by atoms with Crippen LogP contribution in [-0.2, 0) is 12.6 Å². The quantitative estimate of drug-likeness (QED) is 0.233. The lowest BCUT2D eigenvalue weighted by molar-refractivity contribution is -0.182. The number of nitrogens with zero attached hydrogens (tertiary/aromatic N) is 1. The van der Waals surface area contributed by atoms with Crippen LogP contribution in [-0.4, -0.2) is 32.3 Å². The summed E-state index contributed by atoms with van der Waals surface area (Å²) in [5.41, 5.74) is -2.12. The number of hydrogen-bond acceptors (Lipinski definition) is 4. The molecule has 218 valence electrons. The highest BCUT2D eigenvalue weighted by atomic mass is 19.4. The van der Waals surface area contributed by atoms with Gasteiger partial charge in [0.1, 0.15) is 34.1 Å². The maximum atomic E-state index is 14.0. The van der Waals surface area contributed by atoms with Gasteiger partial charge in [0.2, 0.25) is 0 Å². The Kier molecular flexibility index (Phi) is 7.32. The highest BCUT2D eigenvalue weighted by molar-refractivity contribution is 6.03. The molecule has 2 aromatic carbocycles. The molecule has 0 fully saturated rings. The SMILES string of the molecule is Cc1cc(F)cc(C)c1Oc1ccc(C(C)(C)O)cc1-c1cn(C)c(=O)c2[nH]c(C(=O)NC(C)(C)C(F)(F)F)cc12. The molecule has 0 aliphatic rings. The Balaban J connectivity index is 1.94. The number of aryl methyl sites for hydroxylation is 3. The van der Waals surface area contributed by atoms with Crippen molar-refractivity contribution in [1.82, 2.24) is 14.9 Å². The van der Waals surface area contributed by atoms with Crippen LogP contribution in [0.2, 0.25) is 0 Å². The van der Waals surface area contributed by atoms with Crippen LogP contribution in [0.25, 0.3) is 22.0 Å². The normalized spacial score (nSPS) is 12.6. The monoisotopic (exact) mass is 573 g/mol. The molecule has 11 heteroatoms. The maximum Gasteiger partial charge on any atom is 0.410 e. The fourth-order valence-corrected chi connectivity index (χ4v) is 4.47. The van der Waals surface area contributed by atoms with Crippen molar-refractivity contribution in [2.45, 2.75) is 58.9 Å². The first-order chi connectivity index (χ1) is 18.8. The summed E-state index contributed by atoms with van der Waals surface area (Å²) >= 11 is 0. The molecule has 0 radical (unpaired) electrons. The van der Waals surface area contributed by atoms with E-state index in [2.05, 4.69) is 4.98 Å². The minimum Gasteiger partial charge on any atom is -0.456 e. The molecule has 1 amide bonds. The number of nitrogens with one attached hydrogen (secondary N) is 2. The molecular formula is C30H31F4N3O4. The summed E-state index contributed by atoms with van der Waals surface area (Å²) in [4.78, 5) is 28.6. The number of carbonyl (C=O) groups excluding carboxylic acids is 1. The van der Waals surface area contributed by atoms with E-state index in [9.17, 15) is 32.3 Å². The fourth-order valence-electron chi connectivity index (χ4n) is 4.47. The summed E-state index contributed by atoms with van der Waals surface area (Å²) in [5, 5.41) is 13.0. The molecule has 7 nitrogen and oxygen atoms in total. The number of H-pyrrole nitrogens is 1. The second kappa shape index (κ2) is 10.1. The largest absolute Gasteiger partial charge is 0.456 e. The number of aromatic amines is 1. The molecule has 4 aromatic rings. The van der Waals surface area contributed by atoms with Crippen LogP contribution >= 0.6 is 0 Å². The lowest BCUT2D eigenvalue weighted by atomic mass is 9.93. The number of halogens is 4. The molecule has 0 saturated carbocycles. The third-order valence-electron chi connectivity index (χ3n) is 6.96. The highest BCUT2D eigenvalue weighted by Gasteiger charge is 2.48. The Morgan fingerprint density at radius 2 is 1.61 bits per heavy atom. The number of alkyl halides is 3. The minimum atomic E-state index is -4.71. The molecule has 41 heavy (non-hydrogen) atoms. The number of rotatable bonds is 6. The third kappa shape index (κ3) is 5.72. The smallest absolute Gasteiger partial charge is 0.410 e. The molecule has 3 N–H and O–H groups in total. The van der Waals surface area contributed by atoms with Gasteiger partial charge < -0.3 is 24.7 Å². The zero-order chi connectivity index (χ0) is 30.7. The van der Waals surface area contributed by atoms with Gasteiger partial charge in [0.15, 0.2) is 0 Å². The van der Waals surface area contributed by atoms with Gasteiger partial charge in [0.05, 0.1) is 5.60 Å². The standard InChI is InChI=1S/C30H31F4N3O4/c1-15-10-18(31)11-16(2)25(15)41-23-9-8-17(28(3,4)40)12-19(23)21-14-37(7)27(39)24-20(21)13-22(35-24)26(38)36-29(5,6)30(32,33)34/h8-14,35,40H,1-7H3,(H,36,38). The van der Waals surface area contributed by atoms with Crippen LogP contribution in [0.5, 0.6) is 11.5 Å². The summed E-state index contributed by atoms with van der Waals surface area (Å²) in [6.07, 6.45) is -3.20. The second-order valence-corrected chi connectivity index (χ2v) is 11.2. The van der Waals surface area contributed by atoms with Gasteiger partial charge in [0.25, 0.3) is 11.5 Å². The maximum absolute atomic E-state index is 14.0. The Morgan fingerprint density at radius 1 is 1.00 bits per heavy atom. The second-order valence-electron chi connectivity index (χ2n) is 11.2. The van der Waals surface area contributed by atoms with E-state index in [-0.39, 0.29) is 16.6 Å². The summed E-state index contributed by atoms with van der Waals surface area (Å²) in [6, 6.07) is 8.94. The molecule has 2 heterocycles. The third-order valence-corrected chi connectivity index (χ3v) is 6.96. The molecule has 0 atom stereocenters. The topological polar surface area (TPSA) is 96.3 Å². The van der Waals surface area contributed by atoms with Crippen molar-refractivity contribution in [2.24, 2.45) is 7.05 Å². The van der Waals surface area contributed by atoms with Crippen molar-refractivity contribution in [1.29, 1.82) is 0 Å². The fraction of sp³-hybridized carbons (Fsp3) is 0.333. The van der Waals surface area contributed by atoms with Gasteiger partial charge in [-0.1, -0.05) is 6.07 Å². The molecule has 0 aliphatic carbocycles. The zero-order valence-electron chi connectivity index (χ0n) is 23.7. The average molecular weight is 574 g/mol. The summed E-state index contributed by atoms with van der Waals surface area (Å²) in [7, 11) is 1.49. The lowest BCUT2D eigenvalue weighted by Crippen LogP contribution is -2.54. The van der Waals surface area contributed by atoms with Crippen LogP contribution in [0.1, 0.15) is 54.9 Å². The Morgan fingerprint density at radius 3 is 2.17 bits per heavy atom. The van der Waals surface area contributed by atoms with E-state index < -0.39 is 34.6 Å². The number of aromatic nitrogens is 2. The van der Waals surface area contributed by atoms with E-state index >= 15 is 0 Å². The zero-order valence-corrected chi connectivity index (χ0v) is 23.7. The number of hydrogen-bond donors (Lipinski definition) is 3. The van der Waals surface area contributed by atoms with Gasteiger partial charge in [0, 0.05) is 29.8 Å². The molecule has 0 spiro atoms. The number of amides is 1. The van der Waals surface area contributed by atoms with Crippen molar-refractivity contribution in [2.75, 3.05) is 0 Å². The van der Waals surface area contributed by atoms with Crippen molar-refractivity contribution >= 4 is 16.8 Å².